The Morgan fingerprint density at radius 3 is 2.32 bits per heavy atom. The number of anilines is 1. The molecule has 2 aliphatic rings. The molecule has 22 heavy (non-hydrogen) atoms. The third-order valence-corrected chi connectivity index (χ3v) is 4.42. The van der Waals surface area contributed by atoms with E-state index in [4.69, 9.17) is 4.74 Å². The molecule has 0 spiro atoms. The van der Waals surface area contributed by atoms with Crippen molar-refractivity contribution in [2.45, 2.75) is 25.3 Å². The zero-order valence-electron chi connectivity index (χ0n) is 12.5. The molecule has 2 amide bonds. The maximum absolute atomic E-state index is 12.6. The molecule has 0 unspecified atom stereocenters. The molecule has 0 radical (unpaired) electrons. The third kappa shape index (κ3) is 2.62. The highest BCUT2D eigenvalue weighted by Crippen LogP contribution is 2.24. The van der Waals surface area contributed by atoms with Gasteiger partial charge in [0.15, 0.2) is 6.04 Å². The molecule has 2 fully saturated rings. The van der Waals surface area contributed by atoms with Crippen LogP contribution in [0.1, 0.15) is 19.3 Å². The first-order chi connectivity index (χ1) is 10.6. The number of methoxy groups -OCH3 is 1. The number of ketones is 1. The summed E-state index contributed by atoms with van der Waals surface area (Å²) in [5, 5.41) is 0. The van der Waals surface area contributed by atoms with Crippen LogP contribution in [0.4, 0.5) is 5.69 Å². The van der Waals surface area contributed by atoms with Crippen LogP contribution in [0, 0.1) is 0 Å². The number of Topliss-reactive ketones (excluding diaryl/α,β-unsaturated/α-hetero) is 1. The number of imide groups is 1. The van der Waals surface area contributed by atoms with E-state index in [1.54, 1.807) is 31.4 Å². The van der Waals surface area contributed by atoms with Crippen LogP contribution in [0.15, 0.2) is 24.3 Å². The highest BCUT2D eigenvalue weighted by Gasteiger charge is 2.46. The summed E-state index contributed by atoms with van der Waals surface area (Å²) in [4.78, 5) is 38.5. The van der Waals surface area contributed by atoms with Crippen LogP contribution in [0.5, 0.6) is 5.75 Å². The zero-order chi connectivity index (χ0) is 15.7. The standard InChI is InChI=1S/C16H18N2O4/c1-22-13-4-2-11(3-5-13)18-15(20)10-14(16(18)21)17-8-6-12(19)7-9-17/h2-5,14H,6-10H2,1H3/p+1/t14-/m0/s1. The third-order valence-electron chi connectivity index (χ3n) is 4.42. The maximum Gasteiger partial charge on any atom is 0.292 e. The van der Waals surface area contributed by atoms with Crippen LogP contribution < -0.4 is 14.5 Å². The molecule has 6 nitrogen and oxygen atoms in total. The lowest BCUT2D eigenvalue weighted by Gasteiger charge is -2.27. The van der Waals surface area contributed by atoms with Crippen molar-refractivity contribution < 1.29 is 24.0 Å². The first-order valence-corrected chi connectivity index (χ1v) is 7.47. The highest BCUT2D eigenvalue weighted by molar-refractivity contribution is 6.21. The number of nitrogens with one attached hydrogen (secondary N) is 1. The zero-order valence-corrected chi connectivity index (χ0v) is 12.5. The van der Waals surface area contributed by atoms with E-state index in [0.717, 1.165) is 4.90 Å². The summed E-state index contributed by atoms with van der Waals surface area (Å²) in [6.45, 7) is 1.28. The van der Waals surface area contributed by atoms with Crippen molar-refractivity contribution in [3.8, 4) is 5.75 Å². The number of quaternary nitrogens is 1. The van der Waals surface area contributed by atoms with E-state index < -0.39 is 0 Å². The molecule has 0 saturated carbocycles. The first kappa shape index (κ1) is 14.7. The van der Waals surface area contributed by atoms with Crippen LogP contribution >= 0.6 is 0 Å². The van der Waals surface area contributed by atoms with Crippen molar-refractivity contribution in [2.75, 3.05) is 25.1 Å². The lowest BCUT2D eigenvalue weighted by Crippen LogP contribution is -3.17. The number of hydrogen-bond donors (Lipinski definition) is 1. The van der Waals surface area contributed by atoms with Gasteiger partial charge in [-0.3, -0.25) is 14.4 Å². The van der Waals surface area contributed by atoms with Crippen molar-refractivity contribution in [2.24, 2.45) is 0 Å². The van der Waals surface area contributed by atoms with Crippen molar-refractivity contribution in [1.82, 2.24) is 0 Å². The number of likely N-dealkylation sites (tertiary alicyclic amines) is 1. The number of amides is 2. The molecule has 0 aromatic heterocycles. The number of hydrogen-bond acceptors (Lipinski definition) is 4. The summed E-state index contributed by atoms with van der Waals surface area (Å²) in [6, 6.07) is 6.53. The quantitative estimate of drug-likeness (QED) is 0.770. The van der Waals surface area contributed by atoms with Gasteiger partial charge in [0.05, 0.1) is 45.1 Å². The molecule has 1 aromatic rings. The molecular formula is C16H19N2O4+. The largest absolute Gasteiger partial charge is 0.497 e. The fourth-order valence-corrected chi connectivity index (χ4v) is 3.15. The van der Waals surface area contributed by atoms with Gasteiger partial charge in [-0.2, -0.15) is 0 Å². The second-order valence-electron chi connectivity index (χ2n) is 5.72. The monoisotopic (exact) mass is 303 g/mol. The topological polar surface area (TPSA) is 68.1 Å². The van der Waals surface area contributed by atoms with Gasteiger partial charge in [0.1, 0.15) is 11.5 Å². The second kappa shape index (κ2) is 5.88. The van der Waals surface area contributed by atoms with Gasteiger partial charge in [-0.1, -0.05) is 0 Å². The Morgan fingerprint density at radius 1 is 1.09 bits per heavy atom. The SMILES string of the molecule is COc1ccc(N2C(=O)C[C@H]([NH+]3CCC(=O)CC3)C2=O)cc1. The number of ether oxygens (including phenoxy) is 1. The van der Waals surface area contributed by atoms with Crippen LogP contribution in [-0.2, 0) is 14.4 Å². The minimum Gasteiger partial charge on any atom is -0.497 e. The number of carbonyl (C=O) groups excluding carboxylic acids is 3. The molecule has 0 bridgehead atoms. The summed E-state index contributed by atoms with van der Waals surface area (Å²) in [7, 11) is 1.57. The Hall–Kier alpha value is -2.21. The van der Waals surface area contributed by atoms with Crippen LogP contribution in [0.2, 0.25) is 0 Å². The first-order valence-electron chi connectivity index (χ1n) is 7.47. The van der Waals surface area contributed by atoms with Gasteiger partial charge in [-0.15, -0.1) is 0 Å². The van der Waals surface area contributed by atoms with Gasteiger partial charge in [0, 0.05) is 0 Å². The van der Waals surface area contributed by atoms with E-state index in [1.165, 1.54) is 4.90 Å². The Labute approximate surface area is 128 Å². The van der Waals surface area contributed by atoms with Crippen LogP contribution in [0.3, 0.4) is 0 Å². The van der Waals surface area contributed by atoms with Crippen molar-refractivity contribution in [3.63, 3.8) is 0 Å². The molecule has 116 valence electrons. The molecule has 1 N–H and O–H groups in total. The fraction of sp³-hybridized carbons (Fsp3) is 0.438. The molecule has 2 aliphatic heterocycles. The lowest BCUT2D eigenvalue weighted by atomic mass is 10.1. The minimum atomic E-state index is -0.359. The molecule has 0 aliphatic carbocycles. The van der Waals surface area contributed by atoms with Crippen molar-refractivity contribution >= 4 is 23.3 Å². The average Bonchev–Trinajstić information content (AvgIpc) is 2.83. The van der Waals surface area contributed by atoms with Gasteiger partial charge in [-0.05, 0) is 24.3 Å². The normalized spacial score (nSPS) is 23.2. The van der Waals surface area contributed by atoms with E-state index >= 15 is 0 Å². The highest BCUT2D eigenvalue weighted by atomic mass is 16.5. The molecule has 1 atom stereocenters. The minimum absolute atomic E-state index is 0.167. The van der Waals surface area contributed by atoms with Crippen LogP contribution in [0.25, 0.3) is 0 Å². The predicted molar refractivity (Wildman–Crippen MR) is 78.8 cm³/mol. The van der Waals surface area contributed by atoms with Crippen molar-refractivity contribution in [3.05, 3.63) is 24.3 Å². The van der Waals surface area contributed by atoms with E-state index in [1.807, 2.05) is 0 Å². The summed E-state index contributed by atoms with van der Waals surface area (Å²) < 4.78 is 5.09. The summed E-state index contributed by atoms with van der Waals surface area (Å²) >= 11 is 0. The van der Waals surface area contributed by atoms with Gasteiger partial charge < -0.3 is 9.64 Å². The van der Waals surface area contributed by atoms with Crippen molar-refractivity contribution in [1.29, 1.82) is 0 Å². The van der Waals surface area contributed by atoms with E-state index in [9.17, 15) is 14.4 Å². The summed E-state index contributed by atoms with van der Waals surface area (Å²) in [5.41, 5.74) is 0.575. The predicted octanol–water partition coefficient (Wildman–Crippen LogP) is -0.425. The van der Waals surface area contributed by atoms with E-state index in [0.29, 0.717) is 37.4 Å². The van der Waals surface area contributed by atoms with Gasteiger partial charge >= 0.3 is 0 Å². The summed E-state index contributed by atoms with van der Waals surface area (Å²) in [6.07, 6.45) is 1.21. The Kier molecular flexibility index (Phi) is 3.94. The second-order valence-corrected chi connectivity index (χ2v) is 5.72. The Balaban J connectivity index is 1.77. The van der Waals surface area contributed by atoms with E-state index in [2.05, 4.69) is 0 Å². The van der Waals surface area contributed by atoms with Crippen LogP contribution in [-0.4, -0.2) is 43.8 Å². The number of rotatable bonds is 3. The molecule has 2 saturated heterocycles. The molecule has 3 rings (SSSR count). The summed E-state index contributed by atoms with van der Waals surface area (Å²) in [5.74, 6) is 0.580. The molecule has 2 heterocycles. The fourth-order valence-electron chi connectivity index (χ4n) is 3.15. The van der Waals surface area contributed by atoms with Gasteiger partial charge in [-0.25, -0.2) is 4.90 Å². The van der Waals surface area contributed by atoms with E-state index in [-0.39, 0.29) is 30.1 Å². The number of carbonyl (C=O) groups is 3. The molecule has 6 heteroatoms. The Morgan fingerprint density at radius 2 is 1.73 bits per heavy atom. The molecule has 1 aromatic carbocycles. The maximum atomic E-state index is 12.6. The number of benzene rings is 1. The average molecular weight is 303 g/mol. The molecular weight excluding hydrogens is 284 g/mol. The Bertz CT molecular complexity index is 601. The number of nitrogens with zero attached hydrogens (tertiary/aromatic N) is 1. The van der Waals surface area contributed by atoms with Gasteiger partial charge in [0.2, 0.25) is 5.91 Å². The number of piperidine rings is 1. The lowest BCUT2D eigenvalue weighted by molar-refractivity contribution is -0.916. The smallest absolute Gasteiger partial charge is 0.292 e. The van der Waals surface area contributed by atoms with Gasteiger partial charge in [0.25, 0.3) is 5.91 Å².